The molecular formula is C11H14ClNO. The summed E-state index contributed by atoms with van der Waals surface area (Å²) in [7, 11) is 0. The summed E-state index contributed by atoms with van der Waals surface area (Å²) in [5.74, 6) is 0. The largest absolute Gasteiger partial charge is 0.393 e. The van der Waals surface area contributed by atoms with Crippen LogP contribution in [0.3, 0.4) is 0 Å². The molecule has 1 rings (SSSR count). The van der Waals surface area contributed by atoms with Crippen LogP contribution >= 0.6 is 11.6 Å². The van der Waals surface area contributed by atoms with E-state index < -0.39 is 0 Å². The van der Waals surface area contributed by atoms with E-state index in [9.17, 15) is 0 Å². The molecule has 0 amide bonds. The van der Waals surface area contributed by atoms with Crippen LogP contribution in [0.1, 0.15) is 26.3 Å². The fraction of sp³-hybridized carbons (Fsp3) is 0.364. The first-order chi connectivity index (χ1) is 6.59. The highest BCUT2D eigenvalue weighted by atomic mass is 35.5. The molecule has 0 atom stereocenters. The second-order valence-electron chi connectivity index (χ2n) is 3.34. The topological polar surface area (TPSA) is 21.6 Å². The van der Waals surface area contributed by atoms with Crippen LogP contribution in [0.25, 0.3) is 0 Å². The summed E-state index contributed by atoms with van der Waals surface area (Å²) in [4.78, 5) is 5.14. The maximum atomic E-state index is 5.77. The Morgan fingerprint density at radius 1 is 1.29 bits per heavy atom. The van der Waals surface area contributed by atoms with Gasteiger partial charge in [-0.3, -0.25) is 0 Å². The average Bonchev–Trinajstić information content (AvgIpc) is 2.15. The molecule has 0 bridgehead atoms. The summed E-state index contributed by atoms with van der Waals surface area (Å²) >= 11 is 5.77. The first-order valence-corrected chi connectivity index (χ1v) is 4.93. The predicted octanol–water partition coefficient (Wildman–Crippen LogP) is 3.49. The van der Waals surface area contributed by atoms with Crippen LogP contribution in [0.15, 0.2) is 29.4 Å². The van der Waals surface area contributed by atoms with Crippen molar-refractivity contribution >= 4 is 17.3 Å². The van der Waals surface area contributed by atoms with E-state index >= 15 is 0 Å². The van der Waals surface area contributed by atoms with E-state index in [0.29, 0.717) is 0 Å². The molecule has 14 heavy (non-hydrogen) atoms. The Labute approximate surface area is 89.5 Å². The molecule has 0 unspecified atom stereocenters. The molecule has 0 aliphatic heterocycles. The number of benzene rings is 1. The highest BCUT2D eigenvalue weighted by Crippen LogP contribution is 2.10. The SMILES string of the molecule is C/C(=N\OC(C)C)c1ccc(Cl)cc1. The lowest BCUT2D eigenvalue weighted by Crippen LogP contribution is -2.01. The van der Waals surface area contributed by atoms with Crippen molar-refractivity contribution in [2.75, 3.05) is 0 Å². The summed E-state index contributed by atoms with van der Waals surface area (Å²) in [5, 5.41) is 4.73. The van der Waals surface area contributed by atoms with Crippen LogP contribution in [-0.2, 0) is 4.84 Å². The number of rotatable bonds is 3. The fourth-order valence-corrected chi connectivity index (χ4v) is 1.05. The Bertz CT molecular complexity index is 317. The standard InChI is InChI=1S/C11H14ClNO/c1-8(2)14-13-9(3)10-4-6-11(12)7-5-10/h4-8H,1-3H3/b13-9+. The quantitative estimate of drug-likeness (QED) is 0.554. The van der Waals surface area contributed by atoms with Gasteiger partial charge in [0.25, 0.3) is 0 Å². The normalized spacial score (nSPS) is 11.9. The third-order valence-corrected chi connectivity index (χ3v) is 1.91. The maximum absolute atomic E-state index is 5.77. The van der Waals surface area contributed by atoms with Crippen molar-refractivity contribution in [2.45, 2.75) is 26.9 Å². The number of halogens is 1. The van der Waals surface area contributed by atoms with Gasteiger partial charge in [0.15, 0.2) is 0 Å². The molecule has 0 fully saturated rings. The van der Waals surface area contributed by atoms with Gasteiger partial charge in [0, 0.05) is 5.02 Å². The molecule has 3 heteroatoms. The molecule has 0 aromatic heterocycles. The highest BCUT2D eigenvalue weighted by Gasteiger charge is 1.98. The second kappa shape index (κ2) is 5.01. The molecule has 0 radical (unpaired) electrons. The van der Waals surface area contributed by atoms with E-state index in [1.165, 1.54) is 0 Å². The third kappa shape index (κ3) is 3.38. The molecule has 2 nitrogen and oxygen atoms in total. The van der Waals surface area contributed by atoms with Crippen molar-refractivity contribution in [3.05, 3.63) is 34.9 Å². The van der Waals surface area contributed by atoms with Gasteiger partial charge in [-0.05, 0) is 38.5 Å². The molecule has 1 aromatic carbocycles. The molecule has 0 saturated heterocycles. The van der Waals surface area contributed by atoms with E-state index in [1.807, 2.05) is 45.0 Å². The van der Waals surface area contributed by atoms with E-state index in [2.05, 4.69) is 5.16 Å². The van der Waals surface area contributed by atoms with E-state index in [-0.39, 0.29) is 6.10 Å². The maximum Gasteiger partial charge on any atom is 0.122 e. The molecule has 0 saturated carbocycles. The number of nitrogens with zero attached hydrogens (tertiary/aromatic N) is 1. The highest BCUT2D eigenvalue weighted by molar-refractivity contribution is 6.30. The first-order valence-electron chi connectivity index (χ1n) is 4.56. The lowest BCUT2D eigenvalue weighted by molar-refractivity contribution is 0.0860. The Morgan fingerprint density at radius 3 is 2.36 bits per heavy atom. The monoisotopic (exact) mass is 211 g/mol. The van der Waals surface area contributed by atoms with Crippen LogP contribution < -0.4 is 0 Å². The van der Waals surface area contributed by atoms with Gasteiger partial charge in [0.05, 0.1) is 5.71 Å². The van der Waals surface area contributed by atoms with Crippen molar-refractivity contribution < 1.29 is 4.84 Å². The number of hydrogen-bond donors (Lipinski definition) is 0. The van der Waals surface area contributed by atoms with Gasteiger partial charge in [-0.2, -0.15) is 0 Å². The molecule has 0 spiro atoms. The summed E-state index contributed by atoms with van der Waals surface area (Å²) in [6.45, 7) is 5.79. The van der Waals surface area contributed by atoms with Gasteiger partial charge in [0.1, 0.15) is 6.10 Å². The lowest BCUT2D eigenvalue weighted by atomic mass is 10.1. The Balaban J connectivity index is 2.73. The first kappa shape index (κ1) is 11.1. The van der Waals surface area contributed by atoms with Gasteiger partial charge in [0.2, 0.25) is 0 Å². The van der Waals surface area contributed by atoms with Gasteiger partial charge in [-0.15, -0.1) is 0 Å². The van der Waals surface area contributed by atoms with Crippen LogP contribution in [-0.4, -0.2) is 11.8 Å². The van der Waals surface area contributed by atoms with E-state index in [4.69, 9.17) is 16.4 Å². The van der Waals surface area contributed by atoms with Crippen LogP contribution in [0.2, 0.25) is 5.02 Å². The van der Waals surface area contributed by atoms with Crippen molar-refractivity contribution in [1.29, 1.82) is 0 Å². The van der Waals surface area contributed by atoms with Crippen LogP contribution in [0.4, 0.5) is 0 Å². The molecule has 0 N–H and O–H groups in total. The van der Waals surface area contributed by atoms with Crippen molar-refractivity contribution in [1.82, 2.24) is 0 Å². The van der Waals surface area contributed by atoms with E-state index in [0.717, 1.165) is 16.3 Å². The molecule has 0 aliphatic rings. The molecule has 1 aromatic rings. The minimum absolute atomic E-state index is 0.109. The average molecular weight is 212 g/mol. The molecule has 76 valence electrons. The summed E-state index contributed by atoms with van der Waals surface area (Å²) in [6, 6.07) is 7.52. The minimum atomic E-state index is 0.109. The zero-order chi connectivity index (χ0) is 10.6. The summed E-state index contributed by atoms with van der Waals surface area (Å²) in [5.41, 5.74) is 1.88. The van der Waals surface area contributed by atoms with Crippen LogP contribution in [0, 0.1) is 0 Å². The summed E-state index contributed by atoms with van der Waals surface area (Å²) < 4.78 is 0. The van der Waals surface area contributed by atoms with Gasteiger partial charge in [-0.1, -0.05) is 28.9 Å². The van der Waals surface area contributed by atoms with Crippen molar-refractivity contribution in [2.24, 2.45) is 5.16 Å². The minimum Gasteiger partial charge on any atom is -0.393 e. The predicted molar refractivity (Wildman–Crippen MR) is 59.9 cm³/mol. The zero-order valence-electron chi connectivity index (χ0n) is 8.62. The van der Waals surface area contributed by atoms with Crippen LogP contribution in [0.5, 0.6) is 0 Å². The molecule has 0 aliphatic carbocycles. The third-order valence-electron chi connectivity index (χ3n) is 1.66. The molecule has 0 heterocycles. The lowest BCUT2D eigenvalue weighted by Gasteiger charge is -2.04. The van der Waals surface area contributed by atoms with Gasteiger partial charge < -0.3 is 4.84 Å². The van der Waals surface area contributed by atoms with Gasteiger partial charge >= 0.3 is 0 Å². The number of oxime groups is 1. The smallest absolute Gasteiger partial charge is 0.122 e. The van der Waals surface area contributed by atoms with E-state index in [1.54, 1.807) is 0 Å². The summed E-state index contributed by atoms with van der Waals surface area (Å²) in [6.07, 6.45) is 0.109. The number of hydrogen-bond acceptors (Lipinski definition) is 2. The van der Waals surface area contributed by atoms with Crippen molar-refractivity contribution in [3.63, 3.8) is 0 Å². The van der Waals surface area contributed by atoms with Gasteiger partial charge in [-0.25, -0.2) is 0 Å². The van der Waals surface area contributed by atoms with Crippen molar-refractivity contribution in [3.8, 4) is 0 Å². The Morgan fingerprint density at radius 2 is 1.86 bits per heavy atom. The fourth-order valence-electron chi connectivity index (χ4n) is 0.928. The Kier molecular flexibility index (Phi) is 3.96. The molecular weight excluding hydrogens is 198 g/mol. The second-order valence-corrected chi connectivity index (χ2v) is 3.77. The Hall–Kier alpha value is -1.02. The zero-order valence-corrected chi connectivity index (χ0v) is 9.38.